The van der Waals surface area contributed by atoms with Crippen LogP contribution in [-0.4, -0.2) is 25.0 Å². The lowest BCUT2D eigenvalue weighted by atomic mass is 10.1. The fourth-order valence-corrected chi connectivity index (χ4v) is 3.37. The molecule has 1 fully saturated rings. The van der Waals surface area contributed by atoms with E-state index in [0.717, 1.165) is 29.8 Å². The van der Waals surface area contributed by atoms with Gasteiger partial charge < -0.3 is 15.0 Å². The van der Waals surface area contributed by atoms with Gasteiger partial charge >= 0.3 is 0 Å². The van der Waals surface area contributed by atoms with Crippen molar-refractivity contribution < 1.29 is 14.3 Å². The molecule has 5 heteroatoms. The summed E-state index contributed by atoms with van der Waals surface area (Å²) in [7, 11) is 0. The van der Waals surface area contributed by atoms with Gasteiger partial charge in [-0.05, 0) is 53.9 Å². The zero-order valence-corrected chi connectivity index (χ0v) is 16.0. The molecule has 0 radical (unpaired) electrons. The molecule has 1 aliphatic heterocycles. The van der Waals surface area contributed by atoms with E-state index in [1.165, 1.54) is 0 Å². The van der Waals surface area contributed by atoms with Crippen LogP contribution in [0.3, 0.4) is 0 Å². The minimum Gasteiger partial charge on any atom is -0.484 e. The molecule has 0 atom stereocenters. The molecular formula is C24H22N2O3. The quantitative estimate of drug-likeness (QED) is 0.679. The Kier molecular flexibility index (Phi) is 5.56. The van der Waals surface area contributed by atoms with Crippen molar-refractivity contribution in [1.29, 1.82) is 0 Å². The number of rotatable bonds is 6. The second kappa shape index (κ2) is 8.61. The second-order valence-corrected chi connectivity index (χ2v) is 6.92. The third kappa shape index (κ3) is 4.63. The van der Waals surface area contributed by atoms with Gasteiger partial charge in [0.1, 0.15) is 5.75 Å². The fraction of sp³-hybridized carbons (Fsp3) is 0.167. The number of nitrogens with one attached hydrogen (secondary N) is 1. The number of carbonyl (C=O) groups excluding carboxylic acids is 2. The number of benzene rings is 3. The van der Waals surface area contributed by atoms with Gasteiger partial charge in [-0.1, -0.05) is 42.5 Å². The van der Waals surface area contributed by atoms with E-state index in [9.17, 15) is 9.59 Å². The Balaban J connectivity index is 1.29. The molecule has 0 aliphatic carbocycles. The molecule has 0 aromatic heterocycles. The molecule has 1 saturated heterocycles. The van der Waals surface area contributed by atoms with Gasteiger partial charge in [0.25, 0.3) is 5.91 Å². The number of carbonyl (C=O) groups is 2. The highest BCUT2D eigenvalue weighted by molar-refractivity contribution is 5.96. The first kappa shape index (κ1) is 18.7. The minimum absolute atomic E-state index is 0.0724. The monoisotopic (exact) mass is 386 g/mol. The molecule has 29 heavy (non-hydrogen) atoms. The highest BCUT2D eigenvalue weighted by atomic mass is 16.5. The summed E-state index contributed by atoms with van der Waals surface area (Å²) in [6.45, 7) is 0.679. The Morgan fingerprint density at radius 2 is 1.59 bits per heavy atom. The lowest BCUT2D eigenvalue weighted by molar-refractivity contribution is -0.118. The zero-order valence-electron chi connectivity index (χ0n) is 16.0. The summed E-state index contributed by atoms with van der Waals surface area (Å²) in [5, 5.41) is 2.81. The van der Waals surface area contributed by atoms with E-state index in [0.29, 0.717) is 17.9 Å². The van der Waals surface area contributed by atoms with Crippen molar-refractivity contribution in [3.63, 3.8) is 0 Å². The average Bonchev–Trinajstić information content (AvgIpc) is 3.20. The number of ether oxygens (including phenoxy) is 1. The van der Waals surface area contributed by atoms with Crippen LogP contribution < -0.4 is 15.0 Å². The van der Waals surface area contributed by atoms with E-state index in [1.807, 2.05) is 66.7 Å². The van der Waals surface area contributed by atoms with E-state index < -0.39 is 0 Å². The maximum Gasteiger partial charge on any atom is 0.262 e. The SMILES string of the molecule is O=C(COc1ccc(-c2ccccc2)cc1)Nc1ccc(N2CCCC2=O)cc1. The second-order valence-electron chi connectivity index (χ2n) is 6.92. The van der Waals surface area contributed by atoms with Crippen molar-refractivity contribution in [2.45, 2.75) is 12.8 Å². The van der Waals surface area contributed by atoms with Crippen molar-refractivity contribution in [3.05, 3.63) is 78.9 Å². The van der Waals surface area contributed by atoms with E-state index in [1.54, 1.807) is 17.0 Å². The van der Waals surface area contributed by atoms with Crippen LogP contribution >= 0.6 is 0 Å². The summed E-state index contributed by atoms with van der Waals surface area (Å²) >= 11 is 0. The average molecular weight is 386 g/mol. The molecule has 3 aromatic carbocycles. The van der Waals surface area contributed by atoms with Crippen LogP contribution in [0.15, 0.2) is 78.9 Å². The maximum atomic E-state index is 12.2. The van der Waals surface area contributed by atoms with Crippen molar-refractivity contribution >= 4 is 23.2 Å². The summed E-state index contributed by atoms with van der Waals surface area (Å²) in [5.41, 5.74) is 3.77. The summed E-state index contributed by atoms with van der Waals surface area (Å²) in [6.07, 6.45) is 1.49. The highest BCUT2D eigenvalue weighted by Gasteiger charge is 2.21. The van der Waals surface area contributed by atoms with Gasteiger partial charge in [-0.2, -0.15) is 0 Å². The standard InChI is InChI=1S/C24H22N2O3/c27-23(25-20-10-12-21(13-11-20)26-16-4-7-24(26)28)17-29-22-14-8-19(9-15-22)18-5-2-1-3-6-18/h1-3,5-6,8-15H,4,7,16-17H2,(H,25,27). The summed E-state index contributed by atoms with van der Waals surface area (Å²) < 4.78 is 5.59. The van der Waals surface area contributed by atoms with E-state index >= 15 is 0 Å². The maximum absolute atomic E-state index is 12.2. The van der Waals surface area contributed by atoms with Crippen LogP contribution in [0.25, 0.3) is 11.1 Å². The molecule has 0 spiro atoms. The molecule has 4 rings (SSSR count). The third-order valence-electron chi connectivity index (χ3n) is 4.87. The van der Waals surface area contributed by atoms with Gasteiger partial charge in [0.2, 0.25) is 5.91 Å². The van der Waals surface area contributed by atoms with Crippen molar-refractivity contribution in [3.8, 4) is 16.9 Å². The van der Waals surface area contributed by atoms with Crippen molar-refractivity contribution in [2.75, 3.05) is 23.4 Å². The number of hydrogen-bond acceptors (Lipinski definition) is 3. The molecule has 0 saturated carbocycles. The van der Waals surface area contributed by atoms with Gasteiger partial charge in [0.05, 0.1) is 0 Å². The van der Waals surface area contributed by atoms with E-state index in [-0.39, 0.29) is 18.4 Å². The Morgan fingerprint density at radius 1 is 0.897 bits per heavy atom. The number of hydrogen-bond donors (Lipinski definition) is 1. The predicted molar refractivity (Wildman–Crippen MR) is 114 cm³/mol. The smallest absolute Gasteiger partial charge is 0.262 e. The molecule has 1 heterocycles. The fourth-order valence-electron chi connectivity index (χ4n) is 3.37. The van der Waals surface area contributed by atoms with Crippen molar-refractivity contribution in [2.24, 2.45) is 0 Å². The van der Waals surface area contributed by atoms with Crippen LogP contribution in [0.4, 0.5) is 11.4 Å². The van der Waals surface area contributed by atoms with E-state index in [4.69, 9.17) is 4.74 Å². The topological polar surface area (TPSA) is 58.6 Å². The molecule has 1 N–H and O–H groups in total. The van der Waals surface area contributed by atoms with Gasteiger partial charge in [0, 0.05) is 24.3 Å². The molecule has 5 nitrogen and oxygen atoms in total. The van der Waals surface area contributed by atoms with Gasteiger partial charge in [-0.25, -0.2) is 0 Å². The molecule has 2 amide bonds. The van der Waals surface area contributed by atoms with Crippen LogP contribution in [0.2, 0.25) is 0 Å². The lowest BCUT2D eigenvalue weighted by Crippen LogP contribution is -2.23. The first-order valence-corrected chi connectivity index (χ1v) is 9.68. The van der Waals surface area contributed by atoms with E-state index in [2.05, 4.69) is 5.32 Å². The van der Waals surface area contributed by atoms with Crippen LogP contribution in [0, 0.1) is 0 Å². The summed E-state index contributed by atoms with van der Waals surface area (Å²) in [5.74, 6) is 0.554. The van der Waals surface area contributed by atoms with Gasteiger partial charge in [-0.3, -0.25) is 9.59 Å². The molecule has 3 aromatic rings. The Morgan fingerprint density at radius 3 is 2.24 bits per heavy atom. The van der Waals surface area contributed by atoms with Gasteiger partial charge in [0.15, 0.2) is 6.61 Å². The van der Waals surface area contributed by atoms with Gasteiger partial charge in [-0.15, -0.1) is 0 Å². The third-order valence-corrected chi connectivity index (χ3v) is 4.87. The first-order chi connectivity index (χ1) is 14.2. The molecular weight excluding hydrogens is 364 g/mol. The highest BCUT2D eigenvalue weighted by Crippen LogP contribution is 2.24. The normalized spacial score (nSPS) is 13.4. The number of nitrogens with zero attached hydrogens (tertiary/aromatic N) is 1. The predicted octanol–water partition coefficient (Wildman–Crippen LogP) is 4.50. The summed E-state index contributed by atoms with van der Waals surface area (Å²) in [6, 6.07) is 25.0. The Bertz CT molecular complexity index is 983. The number of amides is 2. The largest absolute Gasteiger partial charge is 0.484 e. The molecule has 146 valence electrons. The zero-order chi connectivity index (χ0) is 20.1. The molecule has 1 aliphatic rings. The Hall–Kier alpha value is -3.60. The van der Waals surface area contributed by atoms with Crippen LogP contribution in [0.1, 0.15) is 12.8 Å². The minimum atomic E-state index is -0.234. The first-order valence-electron chi connectivity index (χ1n) is 9.68. The van der Waals surface area contributed by atoms with Crippen LogP contribution in [-0.2, 0) is 9.59 Å². The molecule has 0 bridgehead atoms. The van der Waals surface area contributed by atoms with Crippen LogP contribution in [0.5, 0.6) is 5.75 Å². The Labute approximate surface area is 169 Å². The number of anilines is 2. The molecule has 0 unspecified atom stereocenters. The van der Waals surface area contributed by atoms with Crippen molar-refractivity contribution in [1.82, 2.24) is 0 Å². The lowest BCUT2D eigenvalue weighted by Gasteiger charge is -2.16. The summed E-state index contributed by atoms with van der Waals surface area (Å²) in [4.78, 5) is 25.7.